The lowest BCUT2D eigenvalue weighted by Crippen LogP contribution is -2.42. The normalized spacial score (nSPS) is 18.7. The number of hydrogen-bond donors (Lipinski definition) is 2. The quantitative estimate of drug-likeness (QED) is 0.241. The maximum Gasteiger partial charge on any atom is 0.174 e. The van der Waals surface area contributed by atoms with Crippen molar-refractivity contribution < 1.29 is 27.9 Å². The van der Waals surface area contributed by atoms with Crippen LogP contribution in [0.15, 0.2) is 42.6 Å². The van der Waals surface area contributed by atoms with Gasteiger partial charge in [0, 0.05) is 30.8 Å². The van der Waals surface area contributed by atoms with Gasteiger partial charge in [0.2, 0.25) is 0 Å². The number of nitrogens with one attached hydrogen (secondary N) is 1. The fourth-order valence-corrected chi connectivity index (χ4v) is 5.16. The average molecular weight is 528 g/mol. The Morgan fingerprint density at radius 2 is 2.00 bits per heavy atom. The number of fused-ring (bicyclic) bond motifs is 1. The number of pyridine rings is 1. The molecule has 2 aromatic carbocycles. The number of rotatable bonds is 9. The zero-order valence-corrected chi connectivity index (χ0v) is 21.5. The number of hydroxylamine groups is 1. The number of nitrogens with zero attached hydrogens (tertiary/aromatic N) is 2. The van der Waals surface area contributed by atoms with Crippen molar-refractivity contribution in [3.05, 3.63) is 71.2 Å². The molecule has 3 aromatic rings. The van der Waals surface area contributed by atoms with Gasteiger partial charge in [0.25, 0.3) is 0 Å². The zero-order chi connectivity index (χ0) is 27.1. The molecule has 1 aliphatic heterocycles. The first-order chi connectivity index (χ1) is 18.4. The SMILES string of the molecule is CON[C@H](CC[C@@H]1CCN(CC#Cc2cc(F)cc(F)c2F)C[C@@H]1CO)c1ccnc2ccc(OC)cc12. The van der Waals surface area contributed by atoms with Crippen LogP contribution in [0.5, 0.6) is 5.75 Å². The maximum atomic E-state index is 13.9. The molecular weight excluding hydrogens is 495 g/mol. The average Bonchev–Trinajstić information content (AvgIpc) is 2.93. The summed E-state index contributed by atoms with van der Waals surface area (Å²) in [7, 11) is 3.23. The molecule has 1 fully saturated rings. The summed E-state index contributed by atoms with van der Waals surface area (Å²) in [6, 6.07) is 9.08. The number of methoxy groups -OCH3 is 1. The number of aromatic nitrogens is 1. The van der Waals surface area contributed by atoms with Crippen LogP contribution in [0.2, 0.25) is 0 Å². The largest absolute Gasteiger partial charge is 0.497 e. The molecular formula is C29H32F3N3O3. The van der Waals surface area contributed by atoms with Gasteiger partial charge in [0.1, 0.15) is 11.6 Å². The van der Waals surface area contributed by atoms with Crippen LogP contribution in [0.4, 0.5) is 13.2 Å². The second-order valence-electron chi connectivity index (χ2n) is 9.51. The van der Waals surface area contributed by atoms with Gasteiger partial charge in [-0.2, -0.15) is 5.48 Å². The van der Waals surface area contributed by atoms with E-state index in [1.54, 1.807) is 20.4 Å². The van der Waals surface area contributed by atoms with Gasteiger partial charge in [-0.15, -0.1) is 0 Å². The third kappa shape index (κ3) is 6.63. The van der Waals surface area contributed by atoms with Crippen LogP contribution >= 0.6 is 0 Å². The topological polar surface area (TPSA) is 66.9 Å². The van der Waals surface area contributed by atoms with E-state index in [0.29, 0.717) is 25.1 Å². The van der Waals surface area contributed by atoms with E-state index in [9.17, 15) is 18.3 Å². The predicted octanol–water partition coefficient (Wildman–Crippen LogP) is 4.62. The molecule has 2 heterocycles. The first-order valence-corrected chi connectivity index (χ1v) is 12.6. The Labute approximate surface area is 220 Å². The molecule has 1 aromatic heterocycles. The Kier molecular flexibility index (Phi) is 9.58. The van der Waals surface area contributed by atoms with E-state index in [1.807, 2.05) is 24.3 Å². The van der Waals surface area contributed by atoms with Gasteiger partial charge in [-0.05, 0) is 73.5 Å². The number of halogens is 3. The van der Waals surface area contributed by atoms with Gasteiger partial charge in [0.15, 0.2) is 11.6 Å². The molecule has 0 unspecified atom stereocenters. The van der Waals surface area contributed by atoms with E-state index in [4.69, 9.17) is 9.57 Å². The number of piperidine rings is 1. The molecule has 1 saturated heterocycles. The van der Waals surface area contributed by atoms with Gasteiger partial charge >= 0.3 is 0 Å². The minimum atomic E-state index is -1.25. The molecule has 9 heteroatoms. The van der Waals surface area contributed by atoms with Crippen LogP contribution in [0.3, 0.4) is 0 Å². The third-order valence-corrected chi connectivity index (χ3v) is 7.17. The van der Waals surface area contributed by atoms with E-state index in [-0.39, 0.29) is 24.1 Å². The van der Waals surface area contributed by atoms with Gasteiger partial charge in [0.05, 0.1) is 37.9 Å². The molecule has 4 rings (SSSR count). The highest BCUT2D eigenvalue weighted by atomic mass is 19.2. The molecule has 3 atom stereocenters. The third-order valence-electron chi connectivity index (χ3n) is 7.17. The summed E-state index contributed by atoms with van der Waals surface area (Å²) in [5, 5.41) is 11.1. The number of aliphatic hydroxyl groups excluding tert-OH is 1. The monoisotopic (exact) mass is 527 g/mol. The van der Waals surface area contributed by atoms with Crippen molar-refractivity contribution in [3.63, 3.8) is 0 Å². The summed E-state index contributed by atoms with van der Waals surface area (Å²) in [6.45, 7) is 1.75. The Morgan fingerprint density at radius 3 is 2.76 bits per heavy atom. The van der Waals surface area contributed by atoms with Crippen molar-refractivity contribution in [3.8, 4) is 17.6 Å². The van der Waals surface area contributed by atoms with Crippen molar-refractivity contribution in [2.24, 2.45) is 11.8 Å². The second-order valence-corrected chi connectivity index (χ2v) is 9.51. The van der Waals surface area contributed by atoms with Crippen molar-refractivity contribution in [1.29, 1.82) is 0 Å². The van der Waals surface area contributed by atoms with Crippen LogP contribution in [-0.4, -0.2) is 55.5 Å². The van der Waals surface area contributed by atoms with Crippen molar-refractivity contribution >= 4 is 10.9 Å². The maximum absolute atomic E-state index is 13.9. The summed E-state index contributed by atoms with van der Waals surface area (Å²) in [4.78, 5) is 11.9. The summed E-state index contributed by atoms with van der Waals surface area (Å²) < 4.78 is 46.1. The van der Waals surface area contributed by atoms with E-state index >= 15 is 0 Å². The molecule has 2 N–H and O–H groups in total. The molecule has 0 bridgehead atoms. The molecule has 0 radical (unpaired) electrons. The van der Waals surface area contributed by atoms with Crippen LogP contribution in [-0.2, 0) is 4.84 Å². The highest BCUT2D eigenvalue weighted by Gasteiger charge is 2.29. The van der Waals surface area contributed by atoms with Crippen molar-refractivity contribution in [2.75, 3.05) is 40.5 Å². The van der Waals surface area contributed by atoms with Crippen LogP contribution in [0, 0.1) is 41.1 Å². The lowest BCUT2D eigenvalue weighted by Gasteiger charge is -2.37. The van der Waals surface area contributed by atoms with Crippen LogP contribution in [0.25, 0.3) is 10.9 Å². The first-order valence-electron chi connectivity index (χ1n) is 12.6. The van der Waals surface area contributed by atoms with E-state index in [0.717, 1.165) is 54.1 Å². The Balaban J connectivity index is 1.40. The Morgan fingerprint density at radius 1 is 1.16 bits per heavy atom. The summed E-state index contributed by atoms with van der Waals surface area (Å²) in [5.41, 5.74) is 4.75. The summed E-state index contributed by atoms with van der Waals surface area (Å²) >= 11 is 0. The molecule has 0 aliphatic carbocycles. The number of hydrogen-bond acceptors (Lipinski definition) is 6. The summed E-state index contributed by atoms with van der Waals surface area (Å²) in [5.74, 6) is 3.18. The highest BCUT2D eigenvalue weighted by Crippen LogP contribution is 2.33. The predicted molar refractivity (Wildman–Crippen MR) is 139 cm³/mol. The first kappa shape index (κ1) is 27.9. The molecule has 6 nitrogen and oxygen atoms in total. The van der Waals surface area contributed by atoms with Gasteiger partial charge in [-0.3, -0.25) is 9.88 Å². The van der Waals surface area contributed by atoms with E-state index in [2.05, 4.69) is 27.2 Å². The standard InChI is InChI=1S/C29H32F3N3O3/c1-37-23-6-8-27-25(16-23)24(9-11-33-27)28(34-38-2)7-5-19-10-13-35(17-21(19)18-36)12-3-4-20-14-22(30)15-26(31)29(20)32/h6,8-9,11,14-16,19,21,28,34,36H,5,7,10,12-13,17-18H2,1-2H3/t19-,21-,28-/m1/s1. The fraction of sp³-hybridized carbons (Fsp3) is 0.414. The molecule has 1 aliphatic rings. The summed E-state index contributed by atoms with van der Waals surface area (Å²) in [6.07, 6.45) is 4.30. The van der Waals surface area contributed by atoms with Gasteiger partial charge in [-0.25, -0.2) is 13.2 Å². The van der Waals surface area contributed by atoms with Crippen LogP contribution in [0.1, 0.15) is 36.4 Å². The molecule has 0 amide bonds. The molecule has 202 valence electrons. The Hall–Kier alpha value is -3.16. The lowest BCUT2D eigenvalue weighted by atomic mass is 9.81. The molecule has 0 spiro atoms. The fourth-order valence-electron chi connectivity index (χ4n) is 5.16. The van der Waals surface area contributed by atoms with Gasteiger partial charge in [-0.1, -0.05) is 11.8 Å². The van der Waals surface area contributed by atoms with Crippen LogP contribution < -0.4 is 10.2 Å². The second kappa shape index (κ2) is 13.1. The Bertz CT molecular complexity index is 1310. The van der Waals surface area contributed by atoms with Crippen molar-refractivity contribution in [1.82, 2.24) is 15.4 Å². The number of aliphatic hydroxyl groups is 1. The number of benzene rings is 2. The van der Waals surface area contributed by atoms with Crippen molar-refractivity contribution in [2.45, 2.75) is 25.3 Å². The minimum absolute atomic E-state index is 0.0378. The lowest BCUT2D eigenvalue weighted by molar-refractivity contribution is 0.0444. The number of ether oxygens (including phenoxy) is 1. The minimum Gasteiger partial charge on any atom is -0.497 e. The van der Waals surface area contributed by atoms with E-state index in [1.165, 1.54) is 0 Å². The van der Waals surface area contributed by atoms with Gasteiger partial charge < -0.3 is 14.7 Å². The zero-order valence-electron chi connectivity index (χ0n) is 21.5. The van der Waals surface area contributed by atoms with E-state index < -0.39 is 17.5 Å². The smallest absolute Gasteiger partial charge is 0.174 e. The molecule has 38 heavy (non-hydrogen) atoms. The number of likely N-dealkylation sites (tertiary alicyclic amines) is 1. The highest BCUT2D eigenvalue weighted by molar-refractivity contribution is 5.84. The molecule has 0 saturated carbocycles.